The van der Waals surface area contributed by atoms with Crippen LogP contribution < -0.4 is 0 Å². The molecule has 0 unspecified atom stereocenters. The molecule has 0 atom stereocenters. The Morgan fingerprint density at radius 2 is 2.19 bits per heavy atom. The van der Waals surface area contributed by atoms with Gasteiger partial charge >= 0.3 is 0 Å². The summed E-state index contributed by atoms with van der Waals surface area (Å²) < 4.78 is 0. The van der Waals surface area contributed by atoms with E-state index in [1.54, 1.807) is 12.1 Å². The highest BCUT2D eigenvalue weighted by molar-refractivity contribution is 5.43. The second kappa shape index (κ2) is 5.58. The highest BCUT2D eigenvalue weighted by Gasteiger charge is 2.13. The molecule has 1 aromatic rings. The molecule has 0 aromatic heterocycles. The van der Waals surface area contributed by atoms with Gasteiger partial charge in [0.15, 0.2) is 0 Å². The van der Waals surface area contributed by atoms with E-state index in [4.69, 9.17) is 0 Å². The van der Waals surface area contributed by atoms with Crippen LogP contribution in [-0.2, 0) is 6.42 Å². The summed E-state index contributed by atoms with van der Waals surface area (Å²) in [5, 5.41) is 21.2. The Balaban J connectivity index is 2.82. The summed E-state index contributed by atoms with van der Waals surface area (Å²) >= 11 is 0. The van der Waals surface area contributed by atoms with E-state index in [0.717, 1.165) is 10.6 Å². The van der Waals surface area contributed by atoms with Crippen molar-refractivity contribution in [3.8, 4) is 0 Å². The van der Waals surface area contributed by atoms with Crippen molar-refractivity contribution >= 4 is 5.69 Å². The molecule has 0 radical (unpaired) electrons. The number of hydrogen-bond acceptors (Lipinski definition) is 4. The molecule has 0 heterocycles. The molecular weight excluding hydrogens is 208 g/mol. The minimum absolute atomic E-state index is 0.129. The fourth-order valence-electron chi connectivity index (χ4n) is 1.46. The van der Waals surface area contributed by atoms with Crippen molar-refractivity contribution < 1.29 is 10.1 Å². The molecule has 0 saturated heterocycles. The van der Waals surface area contributed by atoms with Crippen molar-refractivity contribution in [3.05, 3.63) is 39.4 Å². The summed E-state index contributed by atoms with van der Waals surface area (Å²) in [6.45, 7) is 4.56. The van der Waals surface area contributed by atoms with Crippen LogP contribution >= 0.6 is 0 Å². The first kappa shape index (κ1) is 12.6. The number of benzene rings is 1. The maximum atomic E-state index is 10.8. The van der Waals surface area contributed by atoms with E-state index in [2.05, 4.69) is 0 Å². The Bertz CT molecular complexity index is 379. The molecular formula is C11H16N2O3. The number of nitro groups is 1. The maximum absolute atomic E-state index is 10.8. The van der Waals surface area contributed by atoms with E-state index in [9.17, 15) is 15.3 Å². The molecule has 0 aliphatic rings. The lowest BCUT2D eigenvalue weighted by Gasteiger charge is -2.11. The van der Waals surface area contributed by atoms with Gasteiger partial charge in [0.1, 0.15) is 0 Å². The van der Waals surface area contributed by atoms with Gasteiger partial charge in [0.2, 0.25) is 0 Å². The number of hydroxylamine groups is 2. The molecule has 1 aromatic carbocycles. The average molecular weight is 224 g/mol. The Labute approximate surface area is 94.4 Å². The van der Waals surface area contributed by atoms with Crippen molar-refractivity contribution in [2.75, 3.05) is 13.1 Å². The van der Waals surface area contributed by atoms with Crippen LogP contribution in [0.2, 0.25) is 0 Å². The van der Waals surface area contributed by atoms with Crippen molar-refractivity contribution in [1.29, 1.82) is 0 Å². The number of nitrogens with zero attached hydrogens (tertiary/aromatic N) is 2. The smallest absolute Gasteiger partial charge is 0.272 e. The zero-order valence-corrected chi connectivity index (χ0v) is 9.51. The Morgan fingerprint density at radius 3 is 2.75 bits per heavy atom. The molecule has 0 bridgehead atoms. The largest absolute Gasteiger partial charge is 0.314 e. The van der Waals surface area contributed by atoms with Crippen LogP contribution in [-0.4, -0.2) is 28.3 Å². The van der Waals surface area contributed by atoms with Gasteiger partial charge in [0.25, 0.3) is 5.69 Å². The monoisotopic (exact) mass is 224 g/mol. The van der Waals surface area contributed by atoms with Gasteiger partial charge in [0, 0.05) is 24.7 Å². The molecule has 0 saturated carbocycles. The van der Waals surface area contributed by atoms with Crippen LogP contribution in [0, 0.1) is 17.0 Å². The van der Waals surface area contributed by atoms with Gasteiger partial charge in [-0.2, -0.15) is 5.06 Å². The second-order valence-electron chi connectivity index (χ2n) is 3.69. The van der Waals surface area contributed by atoms with Crippen LogP contribution in [0.5, 0.6) is 0 Å². The standard InChI is InChI=1S/C11H16N2O3/c1-3-12(14)7-6-10-5-4-9(2)8-11(10)13(15)16/h4-5,8,14H,3,6-7H2,1-2H3. The minimum Gasteiger partial charge on any atom is -0.314 e. The van der Waals surface area contributed by atoms with Gasteiger partial charge in [-0.15, -0.1) is 0 Å². The Kier molecular flexibility index (Phi) is 4.39. The van der Waals surface area contributed by atoms with Gasteiger partial charge < -0.3 is 5.21 Å². The lowest BCUT2D eigenvalue weighted by atomic mass is 10.1. The molecule has 5 nitrogen and oxygen atoms in total. The van der Waals surface area contributed by atoms with Crippen molar-refractivity contribution in [3.63, 3.8) is 0 Å². The quantitative estimate of drug-likeness (QED) is 0.614. The summed E-state index contributed by atoms with van der Waals surface area (Å²) in [6, 6.07) is 5.15. The summed E-state index contributed by atoms with van der Waals surface area (Å²) in [6.07, 6.45) is 0.473. The SMILES string of the molecule is CCN(O)CCc1ccc(C)cc1[N+](=O)[O-]. The van der Waals surface area contributed by atoms with Crippen LogP contribution in [0.15, 0.2) is 18.2 Å². The number of hydrogen-bond donors (Lipinski definition) is 1. The first-order valence-corrected chi connectivity index (χ1v) is 5.22. The van der Waals surface area contributed by atoms with Crippen LogP contribution in [0.4, 0.5) is 5.69 Å². The first-order valence-electron chi connectivity index (χ1n) is 5.22. The third-order valence-electron chi connectivity index (χ3n) is 2.44. The number of aryl methyl sites for hydroxylation is 1. The summed E-state index contributed by atoms with van der Waals surface area (Å²) in [5.74, 6) is 0. The fourth-order valence-corrected chi connectivity index (χ4v) is 1.46. The molecule has 88 valence electrons. The van der Waals surface area contributed by atoms with E-state index in [0.29, 0.717) is 25.1 Å². The van der Waals surface area contributed by atoms with Crippen LogP contribution in [0.25, 0.3) is 0 Å². The molecule has 5 heteroatoms. The minimum atomic E-state index is -0.379. The number of likely N-dealkylation sites (N-methyl/N-ethyl adjacent to an activating group) is 1. The third-order valence-corrected chi connectivity index (χ3v) is 2.44. The molecule has 0 fully saturated rings. The van der Waals surface area contributed by atoms with Gasteiger partial charge in [-0.3, -0.25) is 10.1 Å². The third kappa shape index (κ3) is 3.29. The van der Waals surface area contributed by atoms with E-state index in [-0.39, 0.29) is 10.6 Å². The molecule has 0 spiro atoms. The normalized spacial score (nSPS) is 10.8. The van der Waals surface area contributed by atoms with Crippen LogP contribution in [0.1, 0.15) is 18.1 Å². The lowest BCUT2D eigenvalue weighted by Crippen LogP contribution is -2.21. The molecule has 0 aliphatic heterocycles. The van der Waals surface area contributed by atoms with Gasteiger partial charge in [-0.1, -0.05) is 19.1 Å². The van der Waals surface area contributed by atoms with Gasteiger partial charge in [0.05, 0.1) is 4.92 Å². The predicted octanol–water partition coefficient (Wildman–Crippen LogP) is 2.16. The van der Waals surface area contributed by atoms with E-state index in [1.165, 1.54) is 0 Å². The van der Waals surface area contributed by atoms with Crippen LogP contribution in [0.3, 0.4) is 0 Å². The zero-order valence-electron chi connectivity index (χ0n) is 9.51. The summed E-state index contributed by atoms with van der Waals surface area (Å²) in [5.41, 5.74) is 1.65. The maximum Gasteiger partial charge on any atom is 0.272 e. The van der Waals surface area contributed by atoms with E-state index >= 15 is 0 Å². The van der Waals surface area contributed by atoms with Crippen molar-refractivity contribution in [2.24, 2.45) is 0 Å². The second-order valence-corrected chi connectivity index (χ2v) is 3.69. The van der Waals surface area contributed by atoms with Gasteiger partial charge in [-0.05, 0) is 18.9 Å². The number of rotatable bonds is 5. The lowest BCUT2D eigenvalue weighted by molar-refractivity contribution is -0.385. The first-order chi connectivity index (χ1) is 7.54. The molecule has 0 aliphatic carbocycles. The summed E-state index contributed by atoms with van der Waals surface area (Å²) in [4.78, 5) is 10.4. The topological polar surface area (TPSA) is 66.6 Å². The fraction of sp³-hybridized carbons (Fsp3) is 0.455. The number of nitro benzene ring substituents is 1. The molecule has 16 heavy (non-hydrogen) atoms. The average Bonchev–Trinajstić information content (AvgIpc) is 2.26. The molecule has 1 N–H and O–H groups in total. The van der Waals surface area contributed by atoms with Crippen molar-refractivity contribution in [2.45, 2.75) is 20.3 Å². The zero-order chi connectivity index (χ0) is 12.1. The molecule has 1 rings (SSSR count). The Morgan fingerprint density at radius 1 is 1.50 bits per heavy atom. The highest BCUT2D eigenvalue weighted by Crippen LogP contribution is 2.20. The van der Waals surface area contributed by atoms with Crippen molar-refractivity contribution in [1.82, 2.24) is 5.06 Å². The van der Waals surface area contributed by atoms with E-state index < -0.39 is 0 Å². The molecule has 0 amide bonds. The predicted molar refractivity (Wildman–Crippen MR) is 60.6 cm³/mol. The Hall–Kier alpha value is -1.46. The summed E-state index contributed by atoms with van der Waals surface area (Å²) in [7, 11) is 0. The van der Waals surface area contributed by atoms with E-state index in [1.807, 2.05) is 19.9 Å². The highest BCUT2D eigenvalue weighted by atomic mass is 16.6. The van der Waals surface area contributed by atoms with Gasteiger partial charge in [-0.25, -0.2) is 0 Å².